The highest BCUT2D eigenvalue weighted by Gasteiger charge is 2.23. The minimum atomic E-state index is 0.105. The molecule has 29 heavy (non-hydrogen) atoms. The van der Waals surface area contributed by atoms with E-state index < -0.39 is 0 Å². The molecule has 0 saturated carbocycles. The van der Waals surface area contributed by atoms with Crippen LogP contribution in [0, 0.1) is 0 Å². The summed E-state index contributed by atoms with van der Waals surface area (Å²) in [6.07, 6.45) is 3.30. The maximum atomic E-state index is 13.1. The monoisotopic (exact) mass is 446 g/mol. The van der Waals surface area contributed by atoms with Crippen LogP contribution in [0.25, 0.3) is 0 Å². The molecule has 4 nitrogen and oxygen atoms in total. The normalized spacial score (nSPS) is 16.2. The number of rotatable bonds is 8. The number of aromatic nitrogens is 1. The Morgan fingerprint density at radius 1 is 1.28 bits per heavy atom. The lowest BCUT2D eigenvalue weighted by Gasteiger charge is -2.25. The summed E-state index contributed by atoms with van der Waals surface area (Å²) in [7, 11) is 0. The van der Waals surface area contributed by atoms with Gasteiger partial charge in [0.15, 0.2) is 0 Å². The maximum absolute atomic E-state index is 13.1. The molecule has 0 N–H and O–H groups in total. The smallest absolute Gasteiger partial charge is 0.229 e. The van der Waals surface area contributed by atoms with Gasteiger partial charge < -0.3 is 9.64 Å². The molecule has 3 aromatic rings. The highest BCUT2D eigenvalue weighted by molar-refractivity contribution is 7.10. The Morgan fingerprint density at radius 3 is 2.97 bits per heavy atom. The van der Waals surface area contributed by atoms with Crippen LogP contribution in [0.5, 0.6) is 0 Å². The highest BCUT2D eigenvalue weighted by atomic mass is 35.5. The first-order chi connectivity index (χ1) is 14.2. The van der Waals surface area contributed by atoms with E-state index in [0.717, 1.165) is 47.2 Å². The van der Waals surface area contributed by atoms with Gasteiger partial charge in [-0.25, -0.2) is 4.98 Å². The average molecular weight is 447 g/mol. The zero-order valence-corrected chi connectivity index (χ0v) is 18.4. The lowest BCUT2D eigenvalue weighted by molar-refractivity contribution is -0.132. The highest BCUT2D eigenvalue weighted by Crippen LogP contribution is 2.20. The third kappa shape index (κ3) is 5.89. The van der Waals surface area contributed by atoms with Gasteiger partial charge in [-0.3, -0.25) is 4.79 Å². The summed E-state index contributed by atoms with van der Waals surface area (Å²) in [6.45, 7) is 2.08. The largest absolute Gasteiger partial charge is 0.376 e. The average Bonchev–Trinajstić information content (AvgIpc) is 3.45. The summed E-state index contributed by atoms with van der Waals surface area (Å²) in [5, 5.41) is 5.77. The van der Waals surface area contributed by atoms with Gasteiger partial charge in [0.1, 0.15) is 0 Å². The van der Waals surface area contributed by atoms with Gasteiger partial charge in [-0.15, -0.1) is 22.7 Å². The van der Waals surface area contributed by atoms with E-state index in [9.17, 15) is 4.79 Å². The number of thiophene rings is 1. The zero-order valence-electron chi connectivity index (χ0n) is 16.1. The van der Waals surface area contributed by atoms with Crippen LogP contribution in [-0.2, 0) is 28.9 Å². The van der Waals surface area contributed by atoms with Crippen LogP contribution in [0.4, 0.5) is 0 Å². The van der Waals surface area contributed by atoms with Gasteiger partial charge in [-0.05, 0) is 42.0 Å². The van der Waals surface area contributed by atoms with Crippen molar-refractivity contribution in [1.29, 1.82) is 0 Å². The van der Waals surface area contributed by atoms with E-state index in [4.69, 9.17) is 16.3 Å². The van der Waals surface area contributed by atoms with Gasteiger partial charge in [0, 0.05) is 34.9 Å². The maximum Gasteiger partial charge on any atom is 0.229 e. The fourth-order valence-electron chi connectivity index (χ4n) is 3.48. The topological polar surface area (TPSA) is 42.4 Å². The lowest BCUT2D eigenvalue weighted by atomic mass is 10.1. The number of hydrogen-bond acceptors (Lipinski definition) is 5. The van der Waals surface area contributed by atoms with E-state index in [2.05, 4.69) is 11.1 Å². The van der Waals surface area contributed by atoms with Crippen molar-refractivity contribution in [2.45, 2.75) is 38.3 Å². The van der Waals surface area contributed by atoms with E-state index in [1.54, 1.807) is 22.7 Å². The van der Waals surface area contributed by atoms with Gasteiger partial charge in [-0.1, -0.05) is 29.8 Å². The second kappa shape index (κ2) is 9.85. The van der Waals surface area contributed by atoms with E-state index in [1.807, 2.05) is 46.0 Å². The molecule has 4 rings (SSSR count). The Kier molecular flexibility index (Phi) is 6.98. The first-order valence-corrected chi connectivity index (χ1v) is 11.9. The van der Waals surface area contributed by atoms with E-state index in [1.165, 1.54) is 4.88 Å². The van der Waals surface area contributed by atoms with Gasteiger partial charge in [0.2, 0.25) is 5.91 Å². The molecule has 1 aromatic carbocycles. The molecule has 1 aliphatic rings. The van der Waals surface area contributed by atoms with Crippen LogP contribution in [0.2, 0.25) is 5.02 Å². The summed E-state index contributed by atoms with van der Waals surface area (Å²) >= 11 is 9.35. The second-order valence-corrected chi connectivity index (χ2v) is 9.62. The standard InChI is InChI=1S/C22H23ClN2O2S2/c23-17-5-1-4-16(10-17)11-21-24-18(15-29-21)12-22(26)25(13-19-6-2-8-27-19)14-20-7-3-9-28-20/h1,3-5,7,9-10,15,19H,2,6,8,11-14H2. The number of hydrogen-bond donors (Lipinski definition) is 0. The zero-order chi connectivity index (χ0) is 20.1. The SMILES string of the molecule is O=C(Cc1csc(Cc2cccc(Cl)c2)n1)N(Cc1cccs1)CC1CCCO1. The number of carbonyl (C=O) groups excluding carboxylic acids is 1. The molecule has 0 spiro atoms. The Bertz CT molecular complexity index is 936. The van der Waals surface area contributed by atoms with Crippen molar-refractivity contribution in [3.63, 3.8) is 0 Å². The van der Waals surface area contributed by atoms with Crippen molar-refractivity contribution < 1.29 is 9.53 Å². The predicted molar refractivity (Wildman–Crippen MR) is 119 cm³/mol. The van der Waals surface area contributed by atoms with E-state index in [-0.39, 0.29) is 12.0 Å². The quantitative estimate of drug-likeness (QED) is 0.477. The summed E-state index contributed by atoms with van der Waals surface area (Å²) in [5.74, 6) is 0.105. The van der Waals surface area contributed by atoms with Crippen LogP contribution in [-0.4, -0.2) is 35.0 Å². The summed E-state index contributed by atoms with van der Waals surface area (Å²) < 4.78 is 5.77. The third-order valence-corrected chi connectivity index (χ3v) is 6.90. The Balaban J connectivity index is 1.40. The summed E-state index contributed by atoms with van der Waals surface area (Å²) in [6, 6.07) is 11.9. The molecule has 0 aliphatic carbocycles. The summed E-state index contributed by atoms with van der Waals surface area (Å²) in [5.41, 5.74) is 1.96. The molecule has 1 amide bonds. The molecule has 1 atom stereocenters. The van der Waals surface area contributed by atoms with Crippen molar-refractivity contribution >= 4 is 40.2 Å². The third-order valence-electron chi connectivity index (χ3n) is 4.90. The van der Waals surface area contributed by atoms with Crippen LogP contribution in [0.15, 0.2) is 47.2 Å². The number of ether oxygens (including phenoxy) is 1. The molecule has 1 fully saturated rings. The molecule has 1 unspecified atom stereocenters. The first-order valence-electron chi connectivity index (χ1n) is 9.75. The van der Waals surface area contributed by atoms with Gasteiger partial charge in [-0.2, -0.15) is 0 Å². The van der Waals surface area contributed by atoms with Crippen LogP contribution in [0.3, 0.4) is 0 Å². The van der Waals surface area contributed by atoms with Crippen LogP contribution < -0.4 is 0 Å². The second-order valence-electron chi connectivity index (χ2n) is 7.20. The van der Waals surface area contributed by atoms with Crippen molar-refractivity contribution in [3.8, 4) is 0 Å². The van der Waals surface area contributed by atoms with Crippen LogP contribution in [0.1, 0.15) is 34.0 Å². The Hall–Kier alpha value is -1.73. The minimum absolute atomic E-state index is 0.105. The van der Waals surface area contributed by atoms with E-state index >= 15 is 0 Å². The molecule has 7 heteroatoms. The molecule has 1 aliphatic heterocycles. The predicted octanol–water partition coefficient (Wildman–Crippen LogP) is 5.20. The minimum Gasteiger partial charge on any atom is -0.376 e. The van der Waals surface area contributed by atoms with Crippen molar-refractivity contribution in [2.24, 2.45) is 0 Å². The molecule has 2 aromatic heterocycles. The number of nitrogens with zero attached hydrogens (tertiary/aromatic N) is 2. The number of carbonyl (C=O) groups is 1. The van der Waals surface area contributed by atoms with Gasteiger partial charge in [0.25, 0.3) is 0 Å². The first kappa shape index (κ1) is 20.5. The Morgan fingerprint density at radius 2 is 2.21 bits per heavy atom. The molecular weight excluding hydrogens is 424 g/mol. The Labute approximate surface area is 184 Å². The van der Waals surface area contributed by atoms with Crippen LogP contribution >= 0.6 is 34.3 Å². The molecule has 1 saturated heterocycles. The van der Waals surface area contributed by atoms with Crippen molar-refractivity contribution in [1.82, 2.24) is 9.88 Å². The molecule has 0 radical (unpaired) electrons. The number of thiazole rings is 1. The van der Waals surface area contributed by atoms with Gasteiger partial charge >= 0.3 is 0 Å². The number of halogens is 1. The molecule has 0 bridgehead atoms. The van der Waals surface area contributed by atoms with Crippen molar-refractivity contribution in [3.05, 3.63) is 73.3 Å². The fraction of sp³-hybridized carbons (Fsp3) is 0.364. The van der Waals surface area contributed by atoms with Gasteiger partial charge in [0.05, 0.1) is 29.8 Å². The number of benzene rings is 1. The molecular formula is C22H23ClN2O2S2. The molecule has 152 valence electrons. The van der Waals surface area contributed by atoms with Crippen molar-refractivity contribution in [2.75, 3.05) is 13.2 Å². The van der Waals surface area contributed by atoms with E-state index in [0.29, 0.717) is 19.5 Å². The lowest BCUT2D eigenvalue weighted by Crippen LogP contribution is -2.37. The summed E-state index contributed by atoms with van der Waals surface area (Å²) in [4.78, 5) is 20.9. The number of amides is 1. The molecule has 3 heterocycles. The fourth-order valence-corrected chi connectivity index (χ4v) is 5.24.